The second kappa shape index (κ2) is 10.1. The quantitative estimate of drug-likeness (QED) is 0.551. The summed E-state index contributed by atoms with van der Waals surface area (Å²) in [6, 6.07) is 8.59. The molecule has 0 unspecified atom stereocenters. The predicted molar refractivity (Wildman–Crippen MR) is 128 cm³/mol. The van der Waals surface area contributed by atoms with E-state index in [0.29, 0.717) is 6.54 Å². The third-order valence-electron chi connectivity index (χ3n) is 5.14. The van der Waals surface area contributed by atoms with Crippen molar-refractivity contribution in [2.45, 2.75) is 54.4 Å². The van der Waals surface area contributed by atoms with Gasteiger partial charge in [0.2, 0.25) is 0 Å². The predicted octanol–water partition coefficient (Wildman–Crippen LogP) is 6.79. The number of allylic oxidation sites excluding steroid dienone is 7. The summed E-state index contributed by atoms with van der Waals surface area (Å²) in [4.78, 5) is 2.18. The first-order valence-electron chi connectivity index (χ1n) is 10.8. The first-order chi connectivity index (χ1) is 13.6. The van der Waals surface area contributed by atoms with Gasteiger partial charge in [-0.05, 0) is 59.4 Å². The van der Waals surface area contributed by atoms with Gasteiger partial charge in [0.15, 0.2) is 0 Å². The second-order valence-electron chi connectivity index (χ2n) is 9.93. The fraction of sp³-hybridized carbons (Fsp3) is 0.481. The van der Waals surface area contributed by atoms with Gasteiger partial charge in [0, 0.05) is 18.8 Å². The molecule has 1 aromatic rings. The summed E-state index contributed by atoms with van der Waals surface area (Å²) in [5, 5.41) is 9.20. The molecule has 2 heteroatoms. The molecule has 2 nitrogen and oxygen atoms in total. The number of aliphatic hydroxyl groups is 1. The highest BCUT2D eigenvalue weighted by atomic mass is 16.3. The van der Waals surface area contributed by atoms with Crippen LogP contribution in [0.1, 0.15) is 59.9 Å². The molecule has 0 radical (unpaired) electrons. The molecule has 0 aromatic heterocycles. The molecule has 158 valence electrons. The Balaban J connectivity index is 2.15. The van der Waals surface area contributed by atoms with E-state index in [1.807, 2.05) is 0 Å². The molecule has 0 aliphatic heterocycles. The summed E-state index contributed by atoms with van der Waals surface area (Å²) in [7, 11) is 0. The molecule has 0 spiro atoms. The van der Waals surface area contributed by atoms with Crippen molar-refractivity contribution >= 4 is 11.8 Å². The van der Waals surface area contributed by atoms with Crippen molar-refractivity contribution < 1.29 is 5.11 Å². The van der Waals surface area contributed by atoms with Crippen LogP contribution in [0.4, 0.5) is 5.69 Å². The maximum atomic E-state index is 9.20. The van der Waals surface area contributed by atoms with Gasteiger partial charge in [-0.1, -0.05) is 83.2 Å². The number of benzene rings is 1. The Morgan fingerprint density at radius 2 is 1.76 bits per heavy atom. The summed E-state index contributed by atoms with van der Waals surface area (Å²) in [5.41, 5.74) is 5.65. The minimum Gasteiger partial charge on any atom is -0.395 e. The Bertz CT molecular complexity index is 770. The molecule has 1 aliphatic carbocycles. The summed E-state index contributed by atoms with van der Waals surface area (Å²) in [6.45, 7) is 15.3. The van der Waals surface area contributed by atoms with Crippen molar-refractivity contribution in [2.24, 2.45) is 10.8 Å². The summed E-state index contributed by atoms with van der Waals surface area (Å²) in [6.07, 6.45) is 15.8. The van der Waals surface area contributed by atoms with Gasteiger partial charge < -0.3 is 10.0 Å². The number of hydrogen-bond acceptors (Lipinski definition) is 2. The Kier molecular flexibility index (Phi) is 8.10. The largest absolute Gasteiger partial charge is 0.395 e. The number of anilines is 1. The van der Waals surface area contributed by atoms with E-state index in [-0.39, 0.29) is 17.4 Å². The van der Waals surface area contributed by atoms with E-state index in [1.54, 1.807) is 0 Å². The fourth-order valence-electron chi connectivity index (χ4n) is 3.77. The van der Waals surface area contributed by atoms with Crippen molar-refractivity contribution in [2.75, 3.05) is 24.6 Å². The Hall–Kier alpha value is -2.06. The van der Waals surface area contributed by atoms with Gasteiger partial charge in [0.05, 0.1) is 6.61 Å². The monoisotopic (exact) mass is 393 g/mol. The van der Waals surface area contributed by atoms with Crippen LogP contribution in [0, 0.1) is 10.8 Å². The van der Waals surface area contributed by atoms with Crippen LogP contribution in [0.3, 0.4) is 0 Å². The molecule has 1 aromatic carbocycles. The van der Waals surface area contributed by atoms with Crippen LogP contribution in [0.25, 0.3) is 6.08 Å². The molecule has 0 heterocycles. The number of hydrogen-bond donors (Lipinski definition) is 1. The summed E-state index contributed by atoms with van der Waals surface area (Å²) >= 11 is 0. The van der Waals surface area contributed by atoms with Gasteiger partial charge in [-0.3, -0.25) is 0 Å². The lowest BCUT2D eigenvalue weighted by atomic mass is 9.75. The van der Waals surface area contributed by atoms with E-state index in [0.717, 1.165) is 25.1 Å². The summed E-state index contributed by atoms with van der Waals surface area (Å²) in [5.74, 6) is 0. The normalized spacial score (nSPS) is 18.6. The SMILES string of the molecule is CCN(CCO)c1ccc(/C=C/C2=CC(=C/C=C/C(C)(C)C)/CC(C)(C)C2)cc1. The molecule has 0 bridgehead atoms. The molecule has 0 fully saturated rings. The fourth-order valence-corrected chi connectivity index (χ4v) is 3.77. The van der Waals surface area contributed by atoms with Crippen molar-refractivity contribution in [3.05, 3.63) is 71.4 Å². The van der Waals surface area contributed by atoms with Crippen molar-refractivity contribution in [3.8, 4) is 0 Å². The van der Waals surface area contributed by atoms with Gasteiger partial charge in [0.25, 0.3) is 0 Å². The molecule has 0 atom stereocenters. The lowest BCUT2D eigenvalue weighted by Gasteiger charge is -2.30. The molecular formula is C27H39NO. The smallest absolute Gasteiger partial charge is 0.0606 e. The minimum atomic E-state index is 0.181. The van der Waals surface area contributed by atoms with E-state index in [2.05, 4.69) is 107 Å². The van der Waals surface area contributed by atoms with E-state index >= 15 is 0 Å². The highest BCUT2D eigenvalue weighted by Gasteiger charge is 2.24. The van der Waals surface area contributed by atoms with Crippen LogP contribution in [0.5, 0.6) is 0 Å². The van der Waals surface area contributed by atoms with Gasteiger partial charge in [-0.2, -0.15) is 0 Å². The van der Waals surface area contributed by atoms with E-state index < -0.39 is 0 Å². The van der Waals surface area contributed by atoms with Crippen molar-refractivity contribution in [3.63, 3.8) is 0 Å². The zero-order chi connectivity index (χ0) is 21.5. The molecule has 0 saturated carbocycles. The van der Waals surface area contributed by atoms with Crippen LogP contribution >= 0.6 is 0 Å². The zero-order valence-corrected chi connectivity index (χ0v) is 19.2. The highest BCUT2D eigenvalue weighted by molar-refractivity contribution is 5.58. The van der Waals surface area contributed by atoms with Crippen LogP contribution in [-0.4, -0.2) is 24.8 Å². The Morgan fingerprint density at radius 3 is 2.34 bits per heavy atom. The van der Waals surface area contributed by atoms with Gasteiger partial charge in [-0.25, -0.2) is 0 Å². The van der Waals surface area contributed by atoms with Crippen molar-refractivity contribution in [1.29, 1.82) is 0 Å². The molecular weight excluding hydrogens is 354 g/mol. The highest BCUT2D eigenvalue weighted by Crippen LogP contribution is 2.38. The minimum absolute atomic E-state index is 0.181. The lowest BCUT2D eigenvalue weighted by molar-refractivity contribution is 0.302. The number of nitrogens with zero attached hydrogens (tertiary/aromatic N) is 1. The third-order valence-corrected chi connectivity index (χ3v) is 5.14. The molecule has 1 N–H and O–H groups in total. The van der Waals surface area contributed by atoms with E-state index in [1.165, 1.54) is 16.7 Å². The first-order valence-corrected chi connectivity index (χ1v) is 10.8. The molecule has 0 saturated heterocycles. The molecule has 2 rings (SSSR count). The standard InChI is InChI=1S/C27H39NO/c1-7-28(17-18-29)25-14-12-22(13-15-25)10-11-24-19-23(20-27(5,6)21-24)9-8-16-26(2,3)4/h8-16,19,29H,7,17-18,20-21H2,1-6H3/b11-10+,16-8+,23-9-. The van der Waals surface area contributed by atoms with Gasteiger partial charge in [0.1, 0.15) is 0 Å². The van der Waals surface area contributed by atoms with E-state index in [9.17, 15) is 5.11 Å². The number of rotatable bonds is 7. The third kappa shape index (κ3) is 8.06. The maximum Gasteiger partial charge on any atom is 0.0606 e. The zero-order valence-electron chi connectivity index (χ0n) is 19.2. The van der Waals surface area contributed by atoms with Gasteiger partial charge in [-0.15, -0.1) is 0 Å². The molecule has 1 aliphatic rings. The molecule has 0 amide bonds. The summed E-state index contributed by atoms with van der Waals surface area (Å²) < 4.78 is 0. The Labute approximate surface area is 178 Å². The van der Waals surface area contributed by atoms with Crippen LogP contribution < -0.4 is 4.90 Å². The van der Waals surface area contributed by atoms with E-state index in [4.69, 9.17) is 0 Å². The average molecular weight is 394 g/mol. The maximum absolute atomic E-state index is 9.20. The second-order valence-corrected chi connectivity index (χ2v) is 9.93. The van der Waals surface area contributed by atoms with Crippen molar-refractivity contribution in [1.82, 2.24) is 0 Å². The first kappa shape index (κ1) is 23.2. The topological polar surface area (TPSA) is 23.5 Å². The van der Waals surface area contributed by atoms with Crippen LogP contribution in [-0.2, 0) is 0 Å². The Morgan fingerprint density at radius 1 is 1.07 bits per heavy atom. The number of likely N-dealkylation sites (N-methyl/N-ethyl adjacent to an activating group) is 1. The van der Waals surface area contributed by atoms with Gasteiger partial charge >= 0.3 is 0 Å². The molecule has 29 heavy (non-hydrogen) atoms. The van der Waals surface area contributed by atoms with Crippen LogP contribution in [0.2, 0.25) is 0 Å². The number of aliphatic hydroxyl groups excluding tert-OH is 1. The van der Waals surface area contributed by atoms with Crippen LogP contribution in [0.15, 0.2) is 65.8 Å². The average Bonchev–Trinajstić information content (AvgIpc) is 2.63. The lowest BCUT2D eigenvalue weighted by Crippen LogP contribution is -2.25.